The quantitative estimate of drug-likeness (QED) is 0.465. The number of piperazine rings is 1. The first-order valence-corrected chi connectivity index (χ1v) is 14.8. The van der Waals surface area contributed by atoms with Crippen molar-refractivity contribution in [3.63, 3.8) is 0 Å². The molecular formula is C30H39N9O2. The fraction of sp³-hybridized carbons (Fsp3) is 0.567. The van der Waals surface area contributed by atoms with Crippen LogP contribution in [0.25, 0.3) is 0 Å². The van der Waals surface area contributed by atoms with Crippen molar-refractivity contribution in [1.29, 1.82) is 5.26 Å². The zero-order valence-electron chi connectivity index (χ0n) is 23.9. The van der Waals surface area contributed by atoms with E-state index < -0.39 is 0 Å². The third-order valence-corrected chi connectivity index (χ3v) is 8.85. The van der Waals surface area contributed by atoms with Gasteiger partial charge in [-0.3, -0.25) is 9.79 Å². The first-order chi connectivity index (χ1) is 20.1. The Bertz CT molecular complexity index is 1320. The van der Waals surface area contributed by atoms with Gasteiger partial charge in [-0.1, -0.05) is 12.7 Å². The molecule has 216 valence electrons. The number of carbonyl (C=O) groups excluding carboxylic acids is 1. The van der Waals surface area contributed by atoms with Crippen LogP contribution in [0.1, 0.15) is 36.9 Å². The molecule has 1 aromatic rings. The van der Waals surface area contributed by atoms with Crippen molar-refractivity contribution in [3.05, 3.63) is 48.0 Å². The number of nitriles is 1. The van der Waals surface area contributed by atoms with Gasteiger partial charge in [0.1, 0.15) is 24.1 Å². The maximum absolute atomic E-state index is 12.5. The van der Waals surface area contributed by atoms with Crippen molar-refractivity contribution in [1.82, 2.24) is 29.6 Å². The lowest BCUT2D eigenvalue weighted by atomic mass is 10.0. The van der Waals surface area contributed by atoms with Crippen LogP contribution in [0, 0.1) is 11.3 Å². The highest BCUT2D eigenvalue weighted by atomic mass is 16.5. The van der Waals surface area contributed by atoms with Crippen LogP contribution in [0.3, 0.4) is 0 Å². The van der Waals surface area contributed by atoms with E-state index in [2.05, 4.69) is 57.5 Å². The van der Waals surface area contributed by atoms with Crippen molar-refractivity contribution < 1.29 is 9.53 Å². The topological polar surface area (TPSA) is 104 Å². The minimum atomic E-state index is -0.225. The minimum Gasteiger partial charge on any atom is -0.462 e. The summed E-state index contributed by atoms with van der Waals surface area (Å²) in [6.45, 7) is 10.3. The molecule has 0 N–H and O–H groups in total. The maximum Gasteiger partial charge on any atom is 0.318 e. The number of anilines is 1. The number of likely N-dealkylation sites (N-methyl/N-ethyl adjacent to an activating group) is 1. The molecule has 0 radical (unpaired) electrons. The predicted molar refractivity (Wildman–Crippen MR) is 156 cm³/mol. The van der Waals surface area contributed by atoms with Gasteiger partial charge >= 0.3 is 6.01 Å². The van der Waals surface area contributed by atoms with Gasteiger partial charge < -0.3 is 29.2 Å². The summed E-state index contributed by atoms with van der Waals surface area (Å²) < 4.78 is 6.28. The molecule has 2 saturated heterocycles. The van der Waals surface area contributed by atoms with Crippen LogP contribution < -0.4 is 9.64 Å². The molecule has 6 heterocycles. The van der Waals surface area contributed by atoms with Crippen molar-refractivity contribution in [2.45, 2.75) is 50.7 Å². The highest BCUT2D eigenvalue weighted by Gasteiger charge is 2.34. The molecule has 5 aliphatic rings. The number of likely N-dealkylation sites (tertiary alicyclic amines) is 1. The first-order valence-electron chi connectivity index (χ1n) is 14.8. The molecule has 11 nitrogen and oxygen atoms in total. The summed E-state index contributed by atoms with van der Waals surface area (Å²) in [4.78, 5) is 38.2. The average molecular weight is 558 g/mol. The van der Waals surface area contributed by atoms with Crippen LogP contribution >= 0.6 is 0 Å². The largest absolute Gasteiger partial charge is 0.462 e. The maximum atomic E-state index is 12.5. The van der Waals surface area contributed by atoms with E-state index in [-0.39, 0.29) is 18.4 Å². The lowest BCUT2D eigenvalue weighted by molar-refractivity contribution is -0.128. The Morgan fingerprint density at radius 3 is 2.88 bits per heavy atom. The normalized spacial score (nSPS) is 24.3. The zero-order valence-corrected chi connectivity index (χ0v) is 23.9. The standard InChI is InChI=1S/C30H39N9O2/c1-3-28(40)38-18-17-37(19-22(38)10-12-31)29-24-11-16-36(27-9-4-8-26-32-13-6-15-39(26)27)20-25(24)33-30(34-29)41-21-23-7-5-14-35(23)2/h3-4,8-9,22-23H,1,5-7,10-11,13-21H2,2H3/t22-,23-/m0/s1. The van der Waals surface area contributed by atoms with E-state index in [1.807, 2.05) is 0 Å². The third-order valence-electron chi connectivity index (χ3n) is 8.85. The molecule has 2 fully saturated rings. The number of nitrogens with zero attached hydrogens (tertiary/aromatic N) is 9. The third kappa shape index (κ3) is 5.53. The van der Waals surface area contributed by atoms with E-state index in [4.69, 9.17) is 19.7 Å². The summed E-state index contributed by atoms with van der Waals surface area (Å²) in [5, 5.41) is 9.50. The zero-order chi connectivity index (χ0) is 28.3. The molecule has 2 atom stereocenters. The van der Waals surface area contributed by atoms with Gasteiger partial charge in [-0.15, -0.1) is 0 Å². The SMILES string of the molecule is C=CC(=O)N1CCN(c2nc(OC[C@@H]3CCCN3C)nc3c2CCN(C2=CC=CC4=NCCCN24)C3)C[C@@H]1CC#N. The van der Waals surface area contributed by atoms with Crippen molar-refractivity contribution in [3.8, 4) is 12.1 Å². The second-order valence-corrected chi connectivity index (χ2v) is 11.3. The molecular weight excluding hydrogens is 518 g/mol. The van der Waals surface area contributed by atoms with Crippen LogP contribution in [0.2, 0.25) is 0 Å². The Kier molecular flexibility index (Phi) is 7.92. The molecule has 0 saturated carbocycles. The molecule has 0 aromatic carbocycles. The number of carbonyl (C=O) groups is 1. The lowest BCUT2D eigenvalue weighted by Gasteiger charge is -2.43. The lowest BCUT2D eigenvalue weighted by Crippen LogP contribution is -2.55. The smallest absolute Gasteiger partial charge is 0.318 e. The number of amidine groups is 1. The fourth-order valence-electron chi connectivity index (χ4n) is 6.59. The predicted octanol–water partition coefficient (Wildman–Crippen LogP) is 1.94. The van der Waals surface area contributed by atoms with Crippen LogP contribution in [0.5, 0.6) is 6.01 Å². The van der Waals surface area contributed by atoms with E-state index in [1.165, 1.54) is 12.5 Å². The Morgan fingerprint density at radius 2 is 2.07 bits per heavy atom. The Morgan fingerprint density at radius 1 is 1.17 bits per heavy atom. The number of allylic oxidation sites excluding steroid dienone is 2. The number of ether oxygens (including phenoxy) is 1. The Labute approximate surface area is 242 Å². The molecule has 0 aliphatic carbocycles. The van der Waals surface area contributed by atoms with Crippen LogP contribution in [-0.4, -0.2) is 113 Å². The van der Waals surface area contributed by atoms with E-state index in [0.717, 1.165) is 74.2 Å². The number of hydrogen-bond acceptors (Lipinski definition) is 10. The fourth-order valence-corrected chi connectivity index (χ4v) is 6.59. The van der Waals surface area contributed by atoms with Crippen molar-refractivity contribution in [2.75, 3.05) is 64.4 Å². The monoisotopic (exact) mass is 557 g/mol. The number of aliphatic imine (C=N–C) groups is 1. The summed E-state index contributed by atoms with van der Waals surface area (Å²) in [6, 6.07) is 2.80. The van der Waals surface area contributed by atoms with E-state index >= 15 is 0 Å². The van der Waals surface area contributed by atoms with Gasteiger partial charge in [0, 0.05) is 50.9 Å². The van der Waals surface area contributed by atoms with E-state index in [0.29, 0.717) is 44.8 Å². The van der Waals surface area contributed by atoms with Gasteiger partial charge in [-0.2, -0.15) is 15.2 Å². The molecule has 5 aliphatic heterocycles. The number of aromatic nitrogens is 2. The molecule has 0 unspecified atom stereocenters. The van der Waals surface area contributed by atoms with Gasteiger partial charge in [-0.25, -0.2) is 0 Å². The van der Waals surface area contributed by atoms with Gasteiger partial charge in [-0.05, 0) is 57.5 Å². The Balaban J connectivity index is 1.29. The van der Waals surface area contributed by atoms with Crippen LogP contribution in [0.4, 0.5) is 5.82 Å². The number of amides is 1. The summed E-state index contributed by atoms with van der Waals surface area (Å²) >= 11 is 0. The molecule has 6 rings (SSSR count). The highest BCUT2D eigenvalue weighted by molar-refractivity contribution is 5.95. The second-order valence-electron chi connectivity index (χ2n) is 11.3. The summed E-state index contributed by atoms with van der Waals surface area (Å²) in [6.07, 6.45) is 12.1. The van der Waals surface area contributed by atoms with Crippen molar-refractivity contribution in [2.24, 2.45) is 4.99 Å². The summed E-state index contributed by atoms with van der Waals surface area (Å²) in [5.74, 6) is 2.93. The minimum absolute atomic E-state index is 0.134. The number of fused-ring (bicyclic) bond motifs is 2. The molecule has 0 spiro atoms. The first kappa shape index (κ1) is 27.3. The second kappa shape index (κ2) is 11.9. The van der Waals surface area contributed by atoms with Crippen molar-refractivity contribution >= 4 is 17.6 Å². The van der Waals surface area contributed by atoms with Crippen LogP contribution in [-0.2, 0) is 17.8 Å². The van der Waals surface area contributed by atoms with Gasteiger partial charge in [0.25, 0.3) is 0 Å². The van der Waals surface area contributed by atoms with Gasteiger partial charge in [0.2, 0.25) is 5.91 Å². The number of rotatable bonds is 7. The van der Waals surface area contributed by atoms with Gasteiger partial charge in [0.05, 0.1) is 30.8 Å². The molecule has 1 aromatic heterocycles. The average Bonchev–Trinajstić information content (AvgIpc) is 3.43. The summed E-state index contributed by atoms with van der Waals surface area (Å²) in [7, 11) is 2.14. The van der Waals surface area contributed by atoms with E-state index in [9.17, 15) is 10.1 Å². The summed E-state index contributed by atoms with van der Waals surface area (Å²) in [5.41, 5.74) is 2.11. The molecule has 11 heteroatoms. The molecule has 41 heavy (non-hydrogen) atoms. The Hall–Kier alpha value is -3.91. The molecule has 0 bridgehead atoms. The number of hydrogen-bond donors (Lipinski definition) is 0. The van der Waals surface area contributed by atoms with Gasteiger partial charge in [0.15, 0.2) is 0 Å². The van der Waals surface area contributed by atoms with E-state index in [1.54, 1.807) is 4.90 Å². The molecule has 1 amide bonds. The highest BCUT2D eigenvalue weighted by Crippen LogP contribution is 2.33. The van der Waals surface area contributed by atoms with Crippen LogP contribution in [0.15, 0.2) is 41.7 Å².